The van der Waals surface area contributed by atoms with Gasteiger partial charge in [0.15, 0.2) is 0 Å². The average molecular weight is 208 g/mol. The monoisotopic (exact) mass is 208 g/mol. The Hall–Kier alpha value is -1.12. The Morgan fingerprint density at radius 2 is 2.27 bits per heavy atom. The Labute approximate surface area is 89.9 Å². The van der Waals surface area contributed by atoms with Crippen molar-refractivity contribution in [2.45, 2.75) is 38.6 Å². The smallest absolute Gasteiger partial charge is 0.214 e. The van der Waals surface area contributed by atoms with E-state index in [4.69, 9.17) is 0 Å². The minimum Gasteiger partial charge on any atom is -0.367 e. The fraction of sp³-hybridized carbons (Fsp3) is 0.583. The van der Waals surface area contributed by atoms with E-state index in [1.54, 1.807) is 6.07 Å². The van der Waals surface area contributed by atoms with Crippen molar-refractivity contribution >= 4 is 5.82 Å². The van der Waals surface area contributed by atoms with E-state index in [9.17, 15) is 4.39 Å². The number of aromatic nitrogens is 1. The first-order valence-corrected chi connectivity index (χ1v) is 5.63. The molecule has 3 heteroatoms. The molecule has 1 aliphatic carbocycles. The summed E-state index contributed by atoms with van der Waals surface area (Å²) in [5, 5.41) is 3.30. The van der Waals surface area contributed by atoms with Gasteiger partial charge in [0.2, 0.25) is 5.95 Å². The number of pyridine rings is 1. The topological polar surface area (TPSA) is 24.9 Å². The molecule has 2 atom stereocenters. The fourth-order valence-corrected chi connectivity index (χ4v) is 2.26. The zero-order chi connectivity index (χ0) is 10.7. The van der Waals surface area contributed by atoms with Gasteiger partial charge in [0.05, 0.1) is 0 Å². The van der Waals surface area contributed by atoms with Gasteiger partial charge in [-0.1, -0.05) is 25.8 Å². The standard InChI is InChI=1S/C12H17FN2/c1-9-4-2-5-10(8-9)14-12-7-3-6-11(13)15-12/h3,6-7,9-10H,2,4-5,8H2,1H3,(H,14,15)/t9-,10-/m1/s1. The van der Waals surface area contributed by atoms with Gasteiger partial charge in [-0.15, -0.1) is 0 Å². The molecule has 0 unspecified atom stereocenters. The lowest BCUT2D eigenvalue weighted by Crippen LogP contribution is -2.26. The predicted octanol–water partition coefficient (Wildman–Crippen LogP) is 3.21. The van der Waals surface area contributed by atoms with E-state index in [1.807, 2.05) is 6.07 Å². The van der Waals surface area contributed by atoms with Crippen molar-refractivity contribution in [1.29, 1.82) is 0 Å². The molecular weight excluding hydrogens is 191 g/mol. The van der Waals surface area contributed by atoms with Crippen LogP contribution >= 0.6 is 0 Å². The molecule has 1 N–H and O–H groups in total. The normalized spacial score (nSPS) is 26.3. The molecule has 2 nitrogen and oxygen atoms in total. The first kappa shape index (κ1) is 10.4. The van der Waals surface area contributed by atoms with Gasteiger partial charge in [0.1, 0.15) is 5.82 Å². The van der Waals surface area contributed by atoms with E-state index in [0.29, 0.717) is 11.9 Å². The van der Waals surface area contributed by atoms with E-state index in [-0.39, 0.29) is 0 Å². The molecule has 0 aromatic carbocycles. The summed E-state index contributed by atoms with van der Waals surface area (Å²) in [5.41, 5.74) is 0. The van der Waals surface area contributed by atoms with E-state index in [0.717, 1.165) is 12.3 Å². The second kappa shape index (κ2) is 4.60. The lowest BCUT2D eigenvalue weighted by Gasteiger charge is -2.27. The van der Waals surface area contributed by atoms with Crippen LogP contribution in [0.2, 0.25) is 0 Å². The van der Waals surface area contributed by atoms with Gasteiger partial charge in [0.25, 0.3) is 0 Å². The molecule has 2 rings (SSSR count). The highest BCUT2D eigenvalue weighted by Gasteiger charge is 2.18. The number of nitrogens with zero attached hydrogens (tertiary/aromatic N) is 1. The molecule has 15 heavy (non-hydrogen) atoms. The molecule has 1 aliphatic rings. The number of anilines is 1. The van der Waals surface area contributed by atoms with Crippen molar-refractivity contribution in [3.8, 4) is 0 Å². The van der Waals surface area contributed by atoms with Crippen molar-refractivity contribution in [3.05, 3.63) is 24.1 Å². The Bertz CT molecular complexity index is 327. The molecule has 0 radical (unpaired) electrons. The number of halogens is 1. The lowest BCUT2D eigenvalue weighted by molar-refractivity contribution is 0.358. The minimum atomic E-state index is -0.413. The van der Waals surface area contributed by atoms with Crippen molar-refractivity contribution in [1.82, 2.24) is 4.98 Å². The zero-order valence-electron chi connectivity index (χ0n) is 9.04. The molecule has 1 saturated carbocycles. The van der Waals surface area contributed by atoms with Crippen LogP contribution in [0.25, 0.3) is 0 Å². The van der Waals surface area contributed by atoms with Crippen LogP contribution in [-0.4, -0.2) is 11.0 Å². The molecule has 1 fully saturated rings. The van der Waals surface area contributed by atoms with Crippen molar-refractivity contribution < 1.29 is 4.39 Å². The molecule has 0 aliphatic heterocycles. The molecule has 0 amide bonds. The molecule has 1 heterocycles. The Kier molecular flexibility index (Phi) is 3.19. The summed E-state index contributed by atoms with van der Waals surface area (Å²) in [4.78, 5) is 3.81. The number of hydrogen-bond acceptors (Lipinski definition) is 2. The van der Waals surface area contributed by atoms with Crippen molar-refractivity contribution in [2.24, 2.45) is 5.92 Å². The van der Waals surface area contributed by atoms with E-state index in [1.165, 1.54) is 25.3 Å². The Morgan fingerprint density at radius 3 is 3.00 bits per heavy atom. The maximum Gasteiger partial charge on any atom is 0.214 e. The fourth-order valence-electron chi connectivity index (χ4n) is 2.26. The predicted molar refractivity (Wildman–Crippen MR) is 59.2 cm³/mol. The van der Waals surface area contributed by atoms with Gasteiger partial charge in [-0.05, 0) is 30.9 Å². The maximum atomic E-state index is 12.8. The largest absolute Gasteiger partial charge is 0.367 e. The SMILES string of the molecule is C[C@@H]1CCC[C@@H](Nc2cccc(F)n2)C1. The molecule has 82 valence electrons. The number of hydrogen-bond donors (Lipinski definition) is 1. The second-order valence-electron chi connectivity index (χ2n) is 4.46. The van der Waals surface area contributed by atoms with Gasteiger partial charge >= 0.3 is 0 Å². The number of nitrogens with one attached hydrogen (secondary N) is 1. The van der Waals surface area contributed by atoms with E-state index < -0.39 is 5.95 Å². The highest BCUT2D eigenvalue weighted by Crippen LogP contribution is 2.25. The van der Waals surface area contributed by atoms with Crippen LogP contribution < -0.4 is 5.32 Å². The van der Waals surface area contributed by atoms with Gasteiger partial charge in [-0.3, -0.25) is 0 Å². The van der Waals surface area contributed by atoms with Crippen LogP contribution in [0.1, 0.15) is 32.6 Å². The van der Waals surface area contributed by atoms with Gasteiger partial charge in [-0.25, -0.2) is 4.98 Å². The summed E-state index contributed by atoms with van der Waals surface area (Å²) in [6, 6.07) is 5.34. The van der Waals surface area contributed by atoms with Crippen molar-refractivity contribution in [3.63, 3.8) is 0 Å². The molecule has 0 saturated heterocycles. The molecular formula is C12H17FN2. The van der Waals surface area contributed by atoms with Crippen LogP contribution in [0.3, 0.4) is 0 Å². The third kappa shape index (κ3) is 2.91. The van der Waals surface area contributed by atoms with Gasteiger partial charge in [0, 0.05) is 6.04 Å². The first-order chi connectivity index (χ1) is 7.24. The van der Waals surface area contributed by atoms with Crippen LogP contribution in [-0.2, 0) is 0 Å². The van der Waals surface area contributed by atoms with Crippen LogP contribution in [0.4, 0.5) is 10.2 Å². The average Bonchev–Trinajstić information content (AvgIpc) is 2.17. The summed E-state index contributed by atoms with van der Waals surface area (Å²) in [7, 11) is 0. The molecule has 0 bridgehead atoms. The second-order valence-corrected chi connectivity index (χ2v) is 4.46. The maximum absolute atomic E-state index is 12.8. The van der Waals surface area contributed by atoms with E-state index >= 15 is 0 Å². The first-order valence-electron chi connectivity index (χ1n) is 5.63. The van der Waals surface area contributed by atoms with Crippen LogP contribution in [0.15, 0.2) is 18.2 Å². The quantitative estimate of drug-likeness (QED) is 0.755. The third-order valence-electron chi connectivity index (χ3n) is 3.00. The van der Waals surface area contributed by atoms with Crippen LogP contribution in [0.5, 0.6) is 0 Å². The number of rotatable bonds is 2. The van der Waals surface area contributed by atoms with E-state index in [2.05, 4.69) is 17.2 Å². The molecule has 1 aromatic heterocycles. The summed E-state index contributed by atoms with van der Waals surface area (Å²) in [6.45, 7) is 2.27. The van der Waals surface area contributed by atoms with Gasteiger partial charge < -0.3 is 5.32 Å². The Morgan fingerprint density at radius 1 is 1.40 bits per heavy atom. The molecule has 0 spiro atoms. The van der Waals surface area contributed by atoms with Crippen molar-refractivity contribution in [2.75, 3.05) is 5.32 Å². The summed E-state index contributed by atoms with van der Waals surface area (Å²) in [5.74, 6) is 1.02. The molecule has 1 aromatic rings. The highest BCUT2D eigenvalue weighted by atomic mass is 19.1. The third-order valence-corrected chi connectivity index (χ3v) is 3.00. The Balaban J connectivity index is 1.96. The highest BCUT2D eigenvalue weighted by molar-refractivity contribution is 5.34. The van der Waals surface area contributed by atoms with Gasteiger partial charge in [-0.2, -0.15) is 4.39 Å². The summed E-state index contributed by atoms with van der Waals surface area (Å²) >= 11 is 0. The summed E-state index contributed by atoms with van der Waals surface area (Å²) < 4.78 is 12.8. The minimum absolute atomic E-state index is 0.413. The van der Waals surface area contributed by atoms with Crippen LogP contribution in [0, 0.1) is 11.9 Å². The summed E-state index contributed by atoms with van der Waals surface area (Å²) in [6.07, 6.45) is 4.91. The lowest BCUT2D eigenvalue weighted by atomic mass is 9.87. The zero-order valence-corrected chi connectivity index (χ0v) is 9.04.